The van der Waals surface area contributed by atoms with Crippen molar-refractivity contribution in [2.24, 2.45) is 10.9 Å². The van der Waals surface area contributed by atoms with Gasteiger partial charge in [-0.05, 0) is 13.0 Å². The van der Waals surface area contributed by atoms with E-state index in [9.17, 15) is 4.79 Å². The van der Waals surface area contributed by atoms with E-state index >= 15 is 0 Å². The molecule has 1 amide bonds. The molecule has 0 aliphatic carbocycles. The zero-order valence-electron chi connectivity index (χ0n) is 5.58. The van der Waals surface area contributed by atoms with Gasteiger partial charge in [-0.15, -0.1) is 0 Å². The Labute approximate surface area is 58.9 Å². The average molecular weight is 145 g/mol. The molecule has 0 rings (SSSR count). The molecule has 58 valence electrons. The third kappa shape index (κ3) is 5.04. The number of hydrogen-bond acceptors (Lipinski definition) is 4. The van der Waals surface area contributed by atoms with Crippen LogP contribution < -0.4 is 11.1 Å². The van der Waals surface area contributed by atoms with Gasteiger partial charge in [0.1, 0.15) is 6.21 Å². The van der Waals surface area contributed by atoms with Gasteiger partial charge in [0.25, 0.3) is 5.91 Å². The number of amides is 1. The molecule has 0 bridgehead atoms. The third-order valence-corrected chi connectivity index (χ3v) is 0.855. The predicted molar refractivity (Wildman–Crippen MR) is 37.0 cm³/mol. The summed E-state index contributed by atoms with van der Waals surface area (Å²) in [4.78, 5) is 10.5. The molecule has 0 atom stereocenters. The van der Waals surface area contributed by atoms with Crippen molar-refractivity contribution in [2.75, 3.05) is 13.1 Å². The van der Waals surface area contributed by atoms with Crippen LogP contribution in [0.4, 0.5) is 0 Å². The third-order valence-electron chi connectivity index (χ3n) is 0.855. The number of carbonyl (C=O) groups excluding carboxylic acids is 1. The first-order valence-electron chi connectivity index (χ1n) is 2.96. The van der Waals surface area contributed by atoms with Gasteiger partial charge in [-0.25, -0.2) is 0 Å². The van der Waals surface area contributed by atoms with Crippen LogP contribution in [-0.2, 0) is 4.79 Å². The number of hydrogen-bond donors (Lipinski definition) is 3. The van der Waals surface area contributed by atoms with Crippen molar-refractivity contribution < 1.29 is 10.0 Å². The fourth-order valence-corrected chi connectivity index (χ4v) is 0.412. The topological polar surface area (TPSA) is 87.7 Å². The zero-order chi connectivity index (χ0) is 7.82. The fraction of sp³-hybridized carbons (Fsp3) is 0.600. The molecule has 0 fully saturated rings. The molecule has 0 aromatic rings. The Morgan fingerprint density at radius 1 is 1.80 bits per heavy atom. The van der Waals surface area contributed by atoms with Crippen molar-refractivity contribution in [1.82, 2.24) is 5.32 Å². The van der Waals surface area contributed by atoms with E-state index in [1.54, 1.807) is 0 Å². The first-order chi connectivity index (χ1) is 4.81. The van der Waals surface area contributed by atoms with Crippen molar-refractivity contribution in [2.45, 2.75) is 6.42 Å². The Morgan fingerprint density at radius 2 is 2.50 bits per heavy atom. The Bertz CT molecular complexity index is 124. The average Bonchev–Trinajstić information content (AvgIpc) is 1.89. The Morgan fingerprint density at radius 3 is 3.00 bits per heavy atom. The van der Waals surface area contributed by atoms with E-state index in [2.05, 4.69) is 10.5 Å². The molecule has 0 aromatic carbocycles. The van der Waals surface area contributed by atoms with Crippen LogP contribution in [0.15, 0.2) is 5.16 Å². The van der Waals surface area contributed by atoms with E-state index < -0.39 is 5.91 Å². The largest absolute Gasteiger partial charge is 0.411 e. The number of nitrogens with two attached hydrogens (primary N) is 1. The van der Waals surface area contributed by atoms with Crippen LogP contribution in [0.25, 0.3) is 0 Å². The maximum Gasteiger partial charge on any atom is 0.265 e. The molecule has 0 saturated heterocycles. The van der Waals surface area contributed by atoms with Crippen LogP contribution in [0.2, 0.25) is 0 Å². The van der Waals surface area contributed by atoms with Gasteiger partial charge in [0.2, 0.25) is 0 Å². The molecule has 0 spiro atoms. The second-order valence-corrected chi connectivity index (χ2v) is 1.68. The van der Waals surface area contributed by atoms with Gasteiger partial charge < -0.3 is 16.3 Å². The van der Waals surface area contributed by atoms with Gasteiger partial charge in [0.05, 0.1) is 0 Å². The Balaban J connectivity index is 3.22. The summed E-state index contributed by atoms with van der Waals surface area (Å²) in [6.45, 7) is 1.05. The lowest BCUT2D eigenvalue weighted by Crippen LogP contribution is -2.26. The predicted octanol–water partition coefficient (Wildman–Crippen LogP) is -1.09. The smallest absolute Gasteiger partial charge is 0.265 e. The standard InChI is InChI=1S/C5H11N3O2/c6-2-1-3-7-5(9)4-8-10/h4,10H,1-3,6H2,(H,7,9)/b8-4-. The lowest BCUT2D eigenvalue weighted by atomic mass is 10.4. The quantitative estimate of drug-likeness (QED) is 0.203. The van der Waals surface area contributed by atoms with Gasteiger partial charge in [-0.3, -0.25) is 4.79 Å². The van der Waals surface area contributed by atoms with Crippen LogP contribution >= 0.6 is 0 Å². The molecule has 0 aliphatic heterocycles. The number of carbonyl (C=O) groups is 1. The number of nitrogens with zero attached hydrogens (tertiary/aromatic N) is 1. The molecule has 0 aromatic heterocycles. The monoisotopic (exact) mass is 145 g/mol. The minimum atomic E-state index is -0.407. The summed E-state index contributed by atoms with van der Waals surface area (Å²) in [7, 11) is 0. The van der Waals surface area contributed by atoms with Crippen molar-refractivity contribution >= 4 is 12.1 Å². The van der Waals surface area contributed by atoms with E-state index in [1.165, 1.54) is 0 Å². The molecular weight excluding hydrogens is 134 g/mol. The fourth-order valence-electron chi connectivity index (χ4n) is 0.412. The summed E-state index contributed by atoms with van der Waals surface area (Å²) < 4.78 is 0. The zero-order valence-corrected chi connectivity index (χ0v) is 5.58. The van der Waals surface area contributed by atoms with E-state index in [-0.39, 0.29) is 0 Å². The lowest BCUT2D eigenvalue weighted by molar-refractivity contribution is -0.114. The molecule has 0 aliphatic rings. The number of rotatable bonds is 4. The molecule has 5 heteroatoms. The van der Waals surface area contributed by atoms with Crippen LogP contribution in [0.3, 0.4) is 0 Å². The van der Waals surface area contributed by atoms with Crippen molar-refractivity contribution in [3.8, 4) is 0 Å². The van der Waals surface area contributed by atoms with E-state index in [0.29, 0.717) is 13.1 Å². The van der Waals surface area contributed by atoms with Crippen molar-refractivity contribution in [3.63, 3.8) is 0 Å². The molecule has 0 heterocycles. The first kappa shape index (κ1) is 8.90. The second kappa shape index (κ2) is 6.03. The number of nitrogens with one attached hydrogen (secondary N) is 1. The maximum absolute atomic E-state index is 10.5. The van der Waals surface area contributed by atoms with Crippen LogP contribution in [0.1, 0.15) is 6.42 Å². The summed E-state index contributed by atoms with van der Waals surface area (Å²) in [6, 6.07) is 0. The molecule has 0 saturated carbocycles. The second-order valence-electron chi connectivity index (χ2n) is 1.68. The minimum Gasteiger partial charge on any atom is -0.411 e. The summed E-state index contributed by atoms with van der Waals surface area (Å²) in [5.41, 5.74) is 5.15. The van der Waals surface area contributed by atoms with Crippen LogP contribution in [-0.4, -0.2) is 30.4 Å². The van der Waals surface area contributed by atoms with Gasteiger partial charge >= 0.3 is 0 Å². The van der Waals surface area contributed by atoms with Crippen molar-refractivity contribution in [1.29, 1.82) is 0 Å². The molecule has 5 nitrogen and oxygen atoms in total. The van der Waals surface area contributed by atoms with E-state index in [1.807, 2.05) is 0 Å². The summed E-state index contributed by atoms with van der Waals surface area (Å²) in [6.07, 6.45) is 1.53. The number of oxime groups is 1. The summed E-state index contributed by atoms with van der Waals surface area (Å²) in [5, 5.41) is 12.9. The molecule has 0 radical (unpaired) electrons. The highest BCUT2D eigenvalue weighted by atomic mass is 16.4. The van der Waals surface area contributed by atoms with Gasteiger partial charge in [0, 0.05) is 6.54 Å². The highest BCUT2D eigenvalue weighted by molar-refractivity contribution is 6.25. The Hall–Kier alpha value is -1.10. The maximum atomic E-state index is 10.5. The summed E-state index contributed by atoms with van der Waals surface area (Å²) in [5.74, 6) is -0.407. The normalized spacial score (nSPS) is 10.1. The van der Waals surface area contributed by atoms with Gasteiger partial charge in [-0.2, -0.15) is 0 Å². The molecular formula is C5H11N3O2. The van der Waals surface area contributed by atoms with Crippen LogP contribution in [0, 0.1) is 0 Å². The molecule has 0 unspecified atom stereocenters. The van der Waals surface area contributed by atoms with Gasteiger partial charge in [-0.1, -0.05) is 5.16 Å². The first-order valence-corrected chi connectivity index (χ1v) is 2.96. The summed E-state index contributed by atoms with van der Waals surface area (Å²) >= 11 is 0. The highest BCUT2D eigenvalue weighted by Crippen LogP contribution is 1.68. The molecule has 4 N–H and O–H groups in total. The molecule has 10 heavy (non-hydrogen) atoms. The highest BCUT2D eigenvalue weighted by Gasteiger charge is 1.92. The lowest BCUT2D eigenvalue weighted by Gasteiger charge is -1.96. The van der Waals surface area contributed by atoms with Gasteiger partial charge in [0.15, 0.2) is 0 Å². The van der Waals surface area contributed by atoms with E-state index in [4.69, 9.17) is 10.9 Å². The minimum absolute atomic E-state index is 0.407. The van der Waals surface area contributed by atoms with Crippen LogP contribution in [0.5, 0.6) is 0 Å². The SMILES string of the molecule is NCCCNC(=O)/C=N\O. The van der Waals surface area contributed by atoms with E-state index in [0.717, 1.165) is 12.6 Å². The van der Waals surface area contributed by atoms with Crippen molar-refractivity contribution in [3.05, 3.63) is 0 Å². The Kier molecular flexibility index (Phi) is 5.36.